The fraction of sp³-hybridized carbons (Fsp3) is 0.357. The summed E-state index contributed by atoms with van der Waals surface area (Å²) < 4.78 is 11.9. The van der Waals surface area contributed by atoms with Crippen LogP contribution < -0.4 is 0 Å². The minimum Gasteiger partial charge on any atom is -0.481 e. The van der Waals surface area contributed by atoms with Gasteiger partial charge in [0, 0.05) is 21.5 Å². The Kier molecular flexibility index (Phi) is 5.78. The van der Waals surface area contributed by atoms with Crippen molar-refractivity contribution in [2.24, 2.45) is 0 Å². The Labute approximate surface area is 110 Å². The number of aliphatic carboxylic acids is 1. The van der Waals surface area contributed by atoms with Crippen LogP contribution in [0.1, 0.15) is 26.7 Å². The topological polar surface area (TPSA) is 54.4 Å². The summed E-state index contributed by atoms with van der Waals surface area (Å²) in [6.07, 6.45) is 10.4. The number of carboxylic acid groups (broad SMARTS) is 1. The monoisotopic (exact) mass is 266 g/mol. The van der Waals surface area contributed by atoms with Gasteiger partial charge < -0.3 is 5.11 Å². The number of carbonyl (C=O) groups is 1. The fourth-order valence-corrected chi connectivity index (χ4v) is 2.72. The average Bonchev–Trinajstić information content (AvgIpc) is 2.50. The van der Waals surface area contributed by atoms with E-state index in [2.05, 4.69) is 0 Å². The Morgan fingerprint density at radius 1 is 1.50 bits per heavy atom. The lowest BCUT2D eigenvalue weighted by Crippen LogP contribution is -2.06. The van der Waals surface area contributed by atoms with E-state index in [1.807, 2.05) is 44.2 Å². The van der Waals surface area contributed by atoms with E-state index in [0.717, 1.165) is 16.1 Å². The number of hydrogen-bond donors (Lipinski definition) is 1. The largest absolute Gasteiger partial charge is 0.481 e. The van der Waals surface area contributed by atoms with E-state index in [9.17, 15) is 9.00 Å². The van der Waals surface area contributed by atoms with Gasteiger partial charge in [0.2, 0.25) is 0 Å². The van der Waals surface area contributed by atoms with Gasteiger partial charge in [0.05, 0.1) is 6.42 Å². The standard InChI is InChI=1S/C14H18O3S/c1-3-4-12-6-8-13(7-5-11(12)2)18(17)10-9-14(15)16/h3-7H,8-10H2,1-2H3,(H,15,16)/b4-3-. The maximum atomic E-state index is 11.9. The zero-order chi connectivity index (χ0) is 13.5. The van der Waals surface area contributed by atoms with Gasteiger partial charge in [-0.25, -0.2) is 0 Å². The molecule has 0 saturated carbocycles. The number of hydrogen-bond acceptors (Lipinski definition) is 2. The Hall–Kier alpha value is -1.42. The molecule has 0 heterocycles. The summed E-state index contributed by atoms with van der Waals surface area (Å²) in [5.41, 5.74) is 2.25. The van der Waals surface area contributed by atoms with Crippen LogP contribution in [0, 0.1) is 0 Å². The maximum absolute atomic E-state index is 11.9. The second-order valence-corrected chi connectivity index (χ2v) is 5.66. The van der Waals surface area contributed by atoms with Crippen molar-refractivity contribution < 1.29 is 14.1 Å². The van der Waals surface area contributed by atoms with Crippen LogP contribution in [0.15, 0.2) is 46.4 Å². The maximum Gasteiger partial charge on any atom is 0.304 e. The molecule has 1 aliphatic carbocycles. The highest BCUT2D eigenvalue weighted by molar-refractivity contribution is 7.89. The van der Waals surface area contributed by atoms with Crippen LogP contribution in [-0.2, 0) is 15.6 Å². The highest BCUT2D eigenvalue weighted by atomic mass is 32.2. The third kappa shape index (κ3) is 4.45. The molecule has 0 fully saturated rings. The van der Waals surface area contributed by atoms with E-state index >= 15 is 0 Å². The predicted molar refractivity (Wildman–Crippen MR) is 74.6 cm³/mol. The number of rotatable bonds is 5. The van der Waals surface area contributed by atoms with Crippen molar-refractivity contribution in [1.82, 2.24) is 0 Å². The Balaban J connectivity index is 2.76. The molecule has 1 N–H and O–H groups in total. The molecule has 1 rings (SSSR count). The van der Waals surface area contributed by atoms with Crippen LogP contribution in [-0.4, -0.2) is 21.0 Å². The van der Waals surface area contributed by atoms with Gasteiger partial charge in [0.1, 0.15) is 0 Å². The van der Waals surface area contributed by atoms with E-state index in [4.69, 9.17) is 5.11 Å². The second kappa shape index (κ2) is 7.11. The van der Waals surface area contributed by atoms with Crippen LogP contribution in [0.25, 0.3) is 0 Å². The van der Waals surface area contributed by atoms with Crippen LogP contribution in [0.5, 0.6) is 0 Å². The molecule has 4 heteroatoms. The molecule has 0 radical (unpaired) electrons. The SMILES string of the molecule is C/C=C\C1=CCC(S(=O)CCC(=O)O)=CC=C1C. The van der Waals surface area contributed by atoms with Crippen LogP contribution in [0.3, 0.4) is 0 Å². The van der Waals surface area contributed by atoms with Gasteiger partial charge in [0.15, 0.2) is 0 Å². The molecule has 0 bridgehead atoms. The van der Waals surface area contributed by atoms with E-state index in [1.54, 1.807) is 0 Å². The lowest BCUT2D eigenvalue weighted by molar-refractivity contribution is -0.136. The van der Waals surface area contributed by atoms with Crippen molar-refractivity contribution in [3.63, 3.8) is 0 Å². The van der Waals surface area contributed by atoms with Gasteiger partial charge in [-0.05, 0) is 37.5 Å². The molecular formula is C14H18O3S. The molecule has 0 aromatic carbocycles. The summed E-state index contributed by atoms with van der Waals surface area (Å²) in [5, 5.41) is 8.58. The Bertz CT molecular complexity index is 467. The van der Waals surface area contributed by atoms with E-state index in [1.165, 1.54) is 0 Å². The zero-order valence-electron chi connectivity index (χ0n) is 10.7. The van der Waals surface area contributed by atoms with Crippen molar-refractivity contribution in [2.75, 3.05) is 5.75 Å². The van der Waals surface area contributed by atoms with Crippen molar-refractivity contribution in [3.05, 3.63) is 46.4 Å². The molecule has 0 aromatic heterocycles. The van der Waals surface area contributed by atoms with Crippen molar-refractivity contribution in [3.8, 4) is 0 Å². The van der Waals surface area contributed by atoms with Crippen molar-refractivity contribution in [2.45, 2.75) is 26.7 Å². The molecule has 0 amide bonds. The molecule has 1 aliphatic rings. The minimum atomic E-state index is -1.20. The summed E-state index contributed by atoms with van der Waals surface area (Å²) in [6, 6.07) is 0. The molecule has 1 unspecified atom stereocenters. The van der Waals surface area contributed by atoms with E-state index in [0.29, 0.717) is 6.42 Å². The summed E-state index contributed by atoms with van der Waals surface area (Å²) in [4.78, 5) is 11.2. The first-order chi connectivity index (χ1) is 8.54. The van der Waals surface area contributed by atoms with Gasteiger partial charge in [0.25, 0.3) is 0 Å². The Morgan fingerprint density at radius 3 is 2.83 bits per heavy atom. The quantitative estimate of drug-likeness (QED) is 0.832. The van der Waals surface area contributed by atoms with Crippen LogP contribution in [0.4, 0.5) is 0 Å². The number of carboxylic acids is 1. The third-order valence-electron chi connectivity index (χ3n) is 2.64. The molecule has 1 atom stereocenters. The lowest BCUT2D eigenvalue weighted by Gasteiger charge is -2.02. The average molecular weight is 266 g/mol. The van der Waals surface area contributed by atoms with E-state index < -0.39 is 16.8 Å². The predicted octanol–water partition coefficient (Wildman–Crippen LogP) is 2.95. The molecule has 18 heavy (non-hydrogen) atoms. The first kappa shape index (κ1) is 14.6. The van der Waals surface area contributed by atoms with Gasteiger partial charge >= 0.3 is 5.97 Å². The molecular weight excluding hydrogens is 248 g/mol. The minimum absolute atomic E-state index is 0.0575. The van der Waals surface area contributed by atoms with Crippen molar-refractivity contribution in [1.29, 1.82) is 0 Å². The molecule has 3 nitrogen and oxygen atoms in total. The summed E-state index contributed by atoms with van der Waals surface area (Å²) >= 11 is 0. The lowest BCUT2D eigenvalue weighted by atomic mass is 10.1. The molecule has 0 aromatic rings. The summed E-state index contributed by atoms with van der Waals surface area (Å²) in [6.45, 7) is 3.96. The normalized spacial score (nSPS) is 17.8. The smallest absolute Gasteiger partial charge is 0.304 e. The molecule has 98 valence electrons. The fourth-order valence-electron chi connectivity index (χ4n) is 1.61. The van der Waals surface area contributed by atoms with Gasteiger partial charge in [-0.15, -0.1) is 0 Å². The molecule has 0 saturated heterocycles. The summed E-state index contributed by atoms with van der Waals surface area (Å²) in [7, 11) is -1.20. The van der Waals surface area contributed by atoms with Gasteiger partial charge in [-0.1, -0.05) is 24.3 Å². The number of allylic oxidation sites excluding steroid dienone is 8. The third-order valence-corrected chi connectivity index (χ3v) is 4.10. The molecule has 0 aliphatic heterocycles. The highest BCUT2D eigenvalue weighted by Gasteiger charge is 2.10. The Morgan fingerprint density at radius 2 is 2.22 bits per heavy atom. The zero-order valence-corrected chi connectivity index (χ0v) is 11.5. The second-order valence-electron chi connectivity index (χ2n) is 4.04. The molecule has 0 spiro atoms. The van der Waals surface area contributed by atoms with Crippen LogP contribution in [0.2, 0.25) is 0 Å². The van der Waals surface area contributed by atoms with Gasteiger partial charge in [-0.3, -0.25) is 9.00 Å². The highest BCUT2D eigenvalue weighted by Crippen LogP contribution is 2.21. The van der Waals surface area contributed by atoms with E-state index in [-0.39, 0.29) is 12.2 Å². The first-order valence-electron chi connectivity index (χ1n) is 5.85. The van der Waals surface area contributed by atoms with Gasteiger partial charge in [-0.2, -0.15) is 0 Å². The summed E-state index contributed by atoms with van der Waals surface area (Å²) in [5.74, 6) is -0.727. The van der Waals surface area contributed by atoms with Crippen molar-refractivity contribution >= 4 is 16.8 Å². The first-order valence-corrected chi connectivity index (χ1v) is 7.17. The van der Waals surface area contributed by atoms with Crippen LogP contribution >= 0.6 is 0 Å².